The van der Waals surface area contributed by atoms with Crippen LogP contribution < -0.4 is 10.6 Å². The lowest BCUT2D eigenvalue weighted by molar-refractivity contribution is -0.121. The lowest BCUT2D eigenvalue weighted by Gasteiger charge is -2.24. The average molecular weight is 392 g/mol. The number of carbonyl (C=O) groups is 1. The molecule has 0 aliphatic heterocycles. The topological polar surface area (TPSA) is 41.1 Å². The van der Waals surface area contributed by atoms with E-state index in [9.17, 15) is 4.79 Å². The summed E-state index contributed by atoms with van der Waals surface area (Å²) in [6.07, 6.45) is 0.899. The Morgan fingerprint density at radius 1 is 1.26 bits per heavy atom. The van der Waals surface area contributed by atoms with Crippen LogP contribution in [-0.4, -0.2) is 18.0 Å². The van der Waals surface area contributed by atoms with Crippen molar-refractivity contribution in [3.05, 3.63) is 26.6 Å². The Balaban J connectivity index is 2.65. The number of benzene rings is 1. The third-order valence-corrected chi connectivity index (χ3v) is 4.22. The molecule has 0 saturated carbocycles. The molecule has 1 aromatic rings. The van der Waals surface area contributed by atoms with Crippen molar-refractivity contribution in [3.63, 3.8) is 0 Å². The van der Waals surface area contributed by atoms with Gasteiger partial charge in [0.1, 0.15) is 0 Å². The fourth-order valence-electron chi connectivity index (χ4n) is 1.55. The molecule has 5 heteroatoms. The number of anilines is 1. The van der Waals surface area contributed by atoms with Crippen LogP contribution in [-0.2, 0) is 4.79 Å². The molecule has 0 radical (unpaired) electrons. The van der Waals surface area contributed by atoms with E-state index in [1.165, 1.54) is 0 Å². The summed E-state index contributed by atoms with van der Waals surface area (Å²) in [5, 5.41) is 6.14. The van der Waals surface area contributed by atoms with E-state index in [-0.39, 0.29) is 18.0 Å². The van der Waals surface area contributed by atoms with Gasteiger partial charge in [-0.25, -0.2) is 0 Å². The van der Waals surface area contributed by atoms with E-state index >= 15 is 0 Å². The summed E-state index contributed by atoms with van der Waals surface area (Å²) < 4.78 is 1.89. The molecule has 1 amide bonds. The number of nitrogens with one attached hydrogen (secondary N) is 2. The summed E-state index contributed by atoms with van der Waals surface area (Å²) in [5.41, 5.74) is 1.89. The van der Waals surface area contributed by atoms with Crippen LogP contribution in [0.5, 0.6) is 0 Å². The quantitative estimate of drug-likeness (QED) is 0.788. The predicted molar refractivity (Wildman–Crippen MR) is 87.6 cm³/mol. The highest BCUT2D eigenvalue weighted by molar-refractivity contribution is 9.11. The van der Waals surface area contributed by atoms with Gasteiger partial charge < -0.3 is 10.6 Å². The zero-order chi connectivity index (χ0) is 14.6. The van der Waals surface area contributed by atoms with Crippen LogP contribution in [0.1, 0.15) is 32.8 Å². The van der Waals surface area contributed by atoms with Gasteiger partial charge in [-0.3, -0.25) is 4.79 Å². The SMILES string of the molecule is CCC(C)(C)NC(=O)CNc1c(Br)cc(C)cc1Br. The van der Waals surface area contributed by atoms with Gasteiger partial charge in [0.05, 0.1) is 12.2 Å². The number of amides is 1. The van der Waals surface area contributed by atoms with Gasteiger partial charge in [0, 0.05) is 14.5 Å². The first kappa shape index (κ1) is 16.5. The van der Waals surface area contributed by atoms with Crippen molar-refractivity contribution in [1.29, 1.82) is 0 Å². The summed E-state index contributed by atoms with van der Waals surface area (Å²) in [7, 11) is 0. The first-order chi connectivity index (χ1) is 8.75. The molecule has 0 aromatic heterocycles. The van der Waals surface area contributed by atoms with Crippen LogP contribution in [0.15, 0.2) is 21.1 Å². The maximum atomic E-state index is 11.9. The number of hydrogen-bond donors (Lipinski definition) is 2. The van der Waals surface area contributed by atoms with Gasteiger partial charge in [0.25, 0.3) is 0 Å². The van der Waals surface area contributed by atoms with E-state index in [0.717, 1.165) is 26.6 Å². The molecule has 2 N–H and O–H groups in total. The Morgan fingerprint density at radius 2 is 1.79 bits per heavy atom. The second-order valence-corrected chi connectivity index (χ2v) is 6.95. The number of hydrogen-bond acceptors (Lipinski definition) is 2. The lowest BCUT2D eigenvalue weighted by atomic mass is 10.0. The molecule has 0 fully saturated rings. The van der Waals surface area contributed by atoms with Gasteiger partial charge in [0.15, 0.2) is 0 Å². The summed E-state index contributed by atoms with van der Waals surface area (Å²) in [5.74, 6) is -0.00812. The second kappa shape index (κ2) is 6.75. The van der Waals surface area contributed by atoms with E-state index in [4.69, 9.17) is 0 Å². The van der Waals surface area contributed by atoms with Crippen molar-refractivity contribution in [2.75, 3.05) is 11.9 Å². The van der Waals surface area contributed by atoms with Crippen molar-refractivity contribution in [2.45, 2.75) is 39.7 Å². The number of rotatable bonds is 5. The summed E-state index contributed by atoms with van der Waals surface area (Å²) in [6, 6.07) is 4.03. The Hall–Kier alpha value is -0.550. The molecule has 0 heterocycles. The Labute approximate surface area is 131 Å². The zero-order valence-corrected chi connectivity index (χ0v) is 14.9. The van der Waals surface area contributed by atoms with Gasteiger partial charge in [-0.2, -0.15) is 0 Å². The molecule has 1 aromatic carbocycles. The van der Waals surface area contributed by atoms with Crippen molar-refractivity contribution in [2.24, 2.45) is 0 Å². The highest BCUT2D eigenvalue weighted by Gasteiger charge is 2.17. The standard InChI is InChI=1S/C14H20Br2N2O/c1-5-14(3,4)18-12(19)8-17-13-10(15)6-9(2)7-11(13)16/h6-7,17H,5,8H2,1-4H3,(H,18,19). The number of halogens is 2. The molecule has 106 valence electrons. The lowest BCUT2D eigenvalue weighted by Crippen LogP contribution is -2.45. The van der Waals surface area contributed by atoms with Crippen molar-refractivity contribution in [1.82, 2.24) is 5.32 Å². The van der Waals surface area contributed by atoms with E-state index in [2.05, 4.69) is 49.4 Å². The second-order valence-electron chi connectivity index (χ2n) is 5.24. The third-order valence-electron chi connectivity index (χ3n) is 2.97. The first-order valence-corrected chi connectivity index (χ1v) is 7.84. The van der Waals surface area contributed by atoms with Gasteiger partial charge in [-0.15, -0.1) is 0 Å². The van der Waals surface area contributed by atoms with Crippen LogP contribution in [0.3, 0.4) is 0 Å². The maximum absolute atomic E-state index is 11.9. The van der Waals surface area contributed by atoms with Crippen LogP contribution in [0.4, 0.5) is 5.69 Å². The molecule has 0 aliphatic rings. The van der Waals surface area contributed by atoms with E-state index in [1.807, 2.05) is 32.9 Å². The third kappa shape index (κ3) is 5.15. The summed E-state index contributed by atoms with van der Waals surface area (Å²) in [6.45, 7) is 8.37. The minimum Gasteiger partial charge on any atom is -0.374 e. The molecule has 0 spiro atoms. The highest BCUT2D eigenvalue weighted by Crippen LogP contribution is 2.32. The molecule has 0 saturated heterocycles. The molecule has 0 bridgehead atoms. The van der Waals surface area contributed by atoms with E-state index in [1.54, 1.807) is 0 Å². The molecular formula is C14H20Br2N2O. The van der Waals surface area contributed by atoms with Crippen LogP contribution >= 0.6 is 31.9 Å². The van der Waals surface area contributed by atoms with Gasteiger partial charge in [-0.1, -0.05) is 6.92 Å². The Kier molecular flexibility index (Phi) is 5.86. The molecular weight excluding hydrogens is 372 g/mol. The van der Waals surface area contributed by atoms with E-state index in [0.29, 0.717) is 0 Å². The fourth-order valence-corrected chi connectivity index (χ4v) is 3.24. The van der Waals surface area contributed by atoms with Gasteiger partial charge in [-0.05, 0) is 76.7 Å². The first-order valence-electron chi connectivity index (χ1n) is 6.25. The smallest absolute Gasteiger partial charge is 0.239 e. The molecule has 1 rings (SSSR count). The van der Waals surface area contributed by atoms with Crippen molar-refractivity contribution >= 4 is 43.5 Å². The van der Waals surface area contributed by atoms with Crippen LogP contribution in [0, 0.1) is 6.92 Å². The molecule has 0 atom stereocenters. The largest absolute Gasteiger partial charge is 0.374 e. The maximum Gasteiger partial charge on any atom is 0.239 e. The number of carbonyl (C=O) groups excluding carboxylic acids is 1. The van der Waals surface area contributed by atoms with Crippen molar-refractivity contribution in [3.8, 4) is 0 Å². The molecule has 3 nitrogen and oxygen atoms in total. The molecule has 0 aliphatic carbocycles. The average Bonchev–Trinajstić information content (AvgIpc) is 2.26. The Morgan fingerprint density at radius 3 is 2.26 bits per heavy atom. The van der Waals surface area contributed by atoms with Gasteiger partial charge >= 0.3 is 0 Å². The molecule has 0 unspecified atom stereocenters. The monoisotopic (exact) mass is 390 g/mol. The fraction of sp³-hybridized carbons (Fsp3) is 0.500. The van der Waals surface area contributed by atoms with Crippen molar-refractivity contribution < 1.29 is 4.79 Å². The number of aryl methyl sites for hydroxylation is 1. The normalized spacial score (nSPS) is 11.3. The van der Waals surface area contributed by atoms with Gasteiger partial charge in [0.2, 0.25) is 5.91 Å². The van der Waals surface area contributed by atoms with E-state index < -0.39 is 0 Å². The van der Waals surface area contributed by atoms with Crippen LogP contribution in [0.25, 0.3) is 0 Å². The molecule has 19 heavy (non-hydrogen) atoms. The summed E-state index contributed by atoms with van der Waals surface area (Å²) >= 11 is 7.00. The minimum absolute atomic E-state index is 0.00812. The minimum atomic E-state index is -0.166. The highest BCUT2D eigenvalue weighted by atomic mass is 79.9. The van der Waals surface area contributed by atoms with Crippen LogP contribution in [0.2, 0.25) is 0 Å². The summed E-state index contributed by atoms with van der Waals surface area (Å²) in [4.78, 5) is 11.9. The predicted octanol–water partition coefficient (Wildman–Crippen LogP) is 4.24. The Bertz CT molecular complexity index is 450. The zero-order valence-electron chi connectivity index (χ0n) is 11.7.